The Bertz CT molecular complexity index is 660. The average Bonchev–Trinajstić information content (AvgIpc) is 3.21. The summed E-state index contributed by atoms with van der Waals surface area (Å²) >= 11 is 0. The van der Waals surface area contributed by atoms with Crippen molar-refractivity contribution in [3.05, 3.63) is 36.2 Å². The molecule has 0 fully saturated rings. The summed E-state index contributed by atoms with van der Waals surface area (Å²) in [6.45, 7) is 8.74. The second-order valence-electron chi connectivity index (χ2n) is 6.46. The van der Waals surface area contributed by atoms with Gasteiger partial charge < -0.3 is 15.2 Å². The zero-order chi connectivity index (χ0) is 18.1. The quantitative estimate of drug-likeness (QED) is 0.254. The van der Waals surface area contributed by atoms with E-state index in [9.17, 15) is 0 Å². The summed E-state index contributed by atoms with van der Waals surface area (Å²) in [6, 6.07) is 2.48. The van der Waals surface area contributed by atoms with Gasteiger partial charge in [0.05, 0.1) is 5.69 Å². The number of rotatable bonds is 9. The first kappa shape index (κ1) is 22.5. The van der Waals surface area contributed by atoms with E-state index >= 15 is 0 Å². The van der Waals surface area contributed by atoms with Gasteiger partial charge in [-0.05, 0) is 26.3 Å². The smallest absolute Gasteiger partial charge is 0.191 e. The van der Waals surface area contributed by atoms with E-state index in [1.54, 1.807) is 6.20 Å². The molecule has 0 atom stereocenters. The van der Waals surface area contributed by atoms with Gasteiger partial charge in [0.25, 0.3) is 0 Å². The molecule has 0 aliphatic heterocycles. The zero-order valence-corrected chi connectivity index (χ0v) is 18.6. The van der Waals surface area contributed by atoms with Crippen molar-refractivity contribution in [3.8, 4) is 0 Å². The molecule has 8 heteroatoms. The van der Waals surface area contributed by atoms with Gasteiger partial charge in [0.15, 0.2) is 5.96 Å². The van der Waals surface area contributed by atoms with Crippen molar-refractivity contribution in [3.63, 3.8) is 0 Å². The van der Waals surface area contributed by atoms with Crippen molar-refractivity contribution < 1.29 is 0 Å². The molecule has 0 aliphatic rings. The van der Waals surface area contributed by atoms with E-state index in [2.05, 4.69) is 52.5 Å². The van der Waals surface area contributed by atoms with Crippen LogP contribution in [-0.2, 0) is 20.0 Å². The van der Waals surface area contributed by atoms with Crippen LogP contribution in [0.4, 0.5) is 0 Å². The summed E-state index contributed by atoms with van der Waals surface area (Å²) < 4.78 is 3.98. The Hall–Kier alpha value is -1.58. The van der Waals surface area contributed by atoms with Gasteiger partial charge in [-0.25, -0.2) is 9.98 Å². The van der Waals surface area contributed by atoms with Crippen molar-refractivity contribution in [2.75, 3.05) is 13.1 Å². The Kier molecular flexibility index (Phi) is 10.3. The summed E-state index contributed by atoms with van der Waals surface area (Å²) in [5.41, 5.74) is 1.10. The third-order valence-corrected chi connectivity index (χ3v) is 3.99. The minimum atomic E-state index is 0. The Labute approximate surface area is 173 Å². The molecule has 0 aliphatic carbocycles. The van der Waals surface area contributed by atoms with E-state index in [1.807, 2.05) is 28.7 Å². The monoisotopic (exact) mass is 473 g/mol. The van der Waals surface area contributed by atoms with Gasteiger partial charge in [0.1, 0.15) is 12.4 Å². The van der Waals surface area contributed by atoms with Crippen LogP contribution in [0.2, 0.25) is 0 Å². The summed E-state index contributed by atoms with van der Waals surface area (Å²) in [5, 5.41) is 11.4. The molecule has 2 heterocycles. The van der Waals surface area contributed by atoms with Crippen molar-refractivity contribution in [1.29, 1.82) is 0 Å². The molecule has 0 radical (unpaired) electrons. The van der Waals surface area contributed by atoms with E-state index in [0.717, 1.165) is 49.8 Å². The number of nitrogens with zero attached hydrogens (tertiary/aromatic N) is 5. The number of nitrogens with one attached hydrogen (secondary N) is 2. The number of aromatic nitrogens is 4. The molecule has 7 nitrogen and oxygen atoms in total. The van der Waals surface area contributed by atoms with Crippen molar-refractivity contribution in [2.24, 2.45) is 12.0 Å². The summed E-state index contributed by atoms with van der Waals surface area (Å²) in [4.78, 5) is 8.97. The fraction of sp³-hybridized carbons (Fsp3) is 0.611. The third-order valence-electron chi connectivity index (χ3n) is 3.99. The standard InChI is InChI=1S/C18H31N7.HI/c1-5-6-9-20-18(22-14-17-19-11-13-24(17)4)21-10-7-16-8-12-25(23-16)15(2)3;/h8,11-13,15H,5-7,9-10,14H2,1-4H3,(H2,20,21,22);1H. The minimum Gasteiger partial charge on any atom is -0.356 e. The van der Waals surface area contributed by atoms with Gasteiger partial charge in [0.2, 0.25) is 0 Å². The molecule has 0 bridgehead atoms. The fourth-order valence-corrected chi connectivity index (χ4v) is 2.36. The van der Waals surface area contributed by atoms with E-state index in [0.29, 0.717) is 12.6 Å². The molecule has 0 amide bonds. The molecular formula is C18H32IN7. The summed E-state index contributed by atoms with van der Waals surface area (Å²) in [5.74, 6) is 1.78. The second kappa shape index (κ2) is 11.9. The molecule has 26 heavy (non-hydrogen) atoms. The van der Waals surface area contributed by atoms with Crippen LogP contribution in [0.1, 0.15) is 51.2 Å². The van der Waals surface area contributed by atoms with Gasteiger partial charge in [-0.3, -0.25) is 4.68 Å². The second-order valence-corrected chi connectivity index (χ2v) is 6.46. The van der Waals surface area contributed by atoms with Gasteiger partial charge >= 0.3 is 0 Å². The highest BCUT2D eigenvalue weighted by atomic mass is 127. The van der Waals surface area contributed by atoms with Crippen LogP contribution in [0.5, 0.6) is 0 Å². The molecule has 2 aromatic heterocycles. The third kappa shape index (κ3) is 7.35. The molecule has 0 aromatic carbocycles. The van der Waals surface area contributed by atoms with Crippen molar-refractivity contribution in [2.45, 2.75) is 52.6 Å². The average molecular weight is 473 g/mol. The topological polar surface area (TPSA) is 72.1 Å². The molecule has 146 valence electrons. The van der Waals surface area contributed by atoms with Crippen molar-refractivity contribution >= 4 is 29.9 Å². The van der Waals surface area contributed by atoms with Gasteiger partial charge in [-0.2, -0.15) is 5.10 Å². The molecule has 0 saturated heterocycles. The van der Waals surface area contributed by atoms with E-state index < -0.39 is 0 Å². The highest BCUT2D eigenvalue weighted by Gasteiger charge is 2.04. The van der Waals surface area contributed by atoms with Gasteiger partial charge in [-0.15, -0.1) is 24.0 Å². The molecule has 2 N–H and O–H groups in total. The van der Waals surface area contributed by atoms with Crippen LogP contribution in [0.15, 0.2) is 29.6 Å². The van der Waals surface area contributed by atoms with Crippen LogP contribution < -0.4 is 10.6 Å². The van der Waals surface area contributed by atoms with E-state index in [-0.39, 0.29) is 24.0 Å². The van der Waals surface area contributed by atoms with Crippen LogP contribution in [0.3, 0.4) is 0 Å². The van der Waals surface area contributed by atoms with Crippen LogP contribution in [0.25, 0.3) is 0 Å². The zero-order valence-electron chi connectivity index (χ0n) is 16.3. The van der Waals surface area contributed by atoms with Crippen LogP contribution in [0, 0.1) is 0 Å². The lowest BCUT2D eigenvalue weighted by Gasteiger charge is -2.12. The predicted molar refractivity (Wildman–Crippen MR) is 117 cm³/mol. The number of guanidine groups is 1. The molecular weight excluding hydrogens is 441 g/mol. The Morgan fingerprint density at radius 2 is 2.00 bits per heavy atom. The number of imidazole rings is 1. The molecule has 2 aromatic rings. The largest absolute Gasteiger partial charge is 0.356 e. The molecule has 2 rings (SSSR count). The van der Waals surface area contributed by atoms with Crippen LogP contribution >= 0.6 is 24.0 Å². The maximum Gasteiger partial charge on any atom is 0.191 e. The summed E-state index contributed by atoms with van der Waals surface area (Å²) in [6.07, 6.45) is 8.93. The van der Waals surface area contributed by atoms with E-state index in [1.165, 1.54) is 0 Å². The maximum absolute atomic E-state index is 4.65. The fourth-order valence-electron chi connectivity index (χ4n) is 2.36. The minimum absolute atomic E-state index is 0. The first-order valence-electron chi connectivity index (χ1n) is 9.12. The number of aryl methyl sites for hydroxylation is 1. The number of hydrogen-bond donors (Lipinski definition) is 2. The normalized spacial score (nSPS) is 11.5. The Morgan fingerprint density at radius 1 is 1.23 bits per heavy atom. The number of halogens is 1. The van der Waals surface area contributed by atoms with E-state index in [4.69, 9.17) is 0 Å². The highest BCUT2D eigenvalue weighted by Crippen LogP contribution is 2.04. The lowest BCUT2D eigenvalue weighted by atomic mass is 10.3. The lowest BCUT2D eigenvalue weighted by molar-refractivity contribution is 0.526. The van der Waals surface area contributed by atoms with Crippen LogP contribution in [-0.4, -0.2) is 38.4 Å². The first-order valence-corrected chi connectivity index (χ1v) is 9.12. The maximum atomic E-state index is 4.65. The SMILES string of the molecule is CCCCNC(=NCc1nccn1C)NCCc1ccn(C(C)C)n1.I. The van der Waals surface area contributed by atoms with Gasteiger partial charge in [-0.1, -0.05) is 13.3 Å². The summed E-state index contributed by atoms with van der Waals surface area (Å²) in [7, 11) is 1.99. The molecule has 0 spiro atoms. The molecule has 0 unspecified atom stereocenters. The number of aliphatic imine (C=N–C) groups is 1. The number of hydrogen-bond acceptors (Lipinski definition) is 3. The predicted octanol–water partition coefficient (Wildman–Crippen LogP) is 2.89. The Morgan fingerprint density at radius 3 is 2.62 bits per heavy atom. The van der Waals surface area contributed by atoms with Gasteiger partial charge in [0, 0.05) is 51.2 Å². The number of unbranched alkanes of at least 4 members (excludes halogenated alkanes) is 1. The lowest BCUT2D eigenvalue weighted by Crippen LogP contribution is -2.39. The highest BCUT2D eigenvalue weighted by molar-refractivity contribution is 14.0. The Balaban J connectivity index is 0.00000338. The molecule has 0 saturated carbocycles. The first-order chi connectivity index (χ1) is 12.1. The van der Waals surface area contributed by atoms with Crippen molar-refractivity contribution in [1.82, 2.24) is 30.0 Å².